The van der Waals surface area contributed by atoms with Crippen molar-refractivity contribution in [2.75, 3.05) is 5.32 Å². The molecule has 3 aromatic rings. The van der Waals surface area contributed by atoms with Crippen LogP contribution >= 0.6 is 11.6 Å². The number of anilines is 2. The van der Waals surface area contributed by atoms with E-state index >= 15 is 0 Å². The fraction of sp³-hybridized carbons (Fsp3) is 0.250. The molecule has 1 aromatic heterocycles. The van der Waals surface area contributed by atoms with E-state index in [1.165, 1.54) is 30.3 Å². The van der Waals surface area contributed by atoms with E-state index in [4.69, 9.17) is 16.3 Å². The van der Waals surface area contributed by atoms with Gasteiger partial charge in [-0.15, -0.1) is 0 Å². The second-order valence-electron chi connectivity index (χ2n) is 7.57. The van der Waals surface area contributed by atoms with Gasteiger partial charge in [-0.1, -0.05) is 0 Å². The van der Waals surface area contributed by atoms with E-state index in [0.717, 1.165) is 6.07 Å². The Labute approximate surface area is 190 Å². The van der Waals surface area contributed by atoms with Gasteiger partial charge in [0, 0.05) is 0 Å². The molecule has 0 aliphatic heterocycles. The van der Waals surface area contributed by atoms with Crippen LogP contribution in [-0.4, -0.2) is 43.6 Å². The Balaban J connectivity index is 1.99. The van der Waals surface area contributed by atoms with Gasteiger partial charge >= 0.3 is 154 Å². The molecule has 2 radical (unpaired) electrons. The topological polar surface area (TPSA) is 79.9 Å². The zero-order valence-electron chi connectivity index (χ0n) is 16.6. The number of benzene rings is 2. The molecule has 162 valence electrons. The third kappa shape index (κ3) is 5.80. The molecule has 0 aliphatic carbocycles. The van der Waals surface area contributed by atoms with Crippen LogP contribution in [0.15, 0.2) is 36.4 Å². The molecule has 0 spiro atoms. The van der Waals surface area contributed by atoms with E-state index in [1.54, 1.807) is 20.8 Å². The average molecular weight is 513 g/mol. The van der Waals surface area contributed by atoms with Crippen molar-refractivity contribution in [3.8, 4) is 11.1 Å². The molecule has 0 saturated heterocycles. The fourth-order valence-corrected chi connectivity index (χ4v) is 3.38. The van der Waals surface area contributed by atoms with Gasteiger partial charge < -0.3 is 4.74 Å². The number of carbonyl (C=O) groups excluding carboxylic acids is 1. The number of aromatic nitrogens is 3. The summed E-state index contributed by atoms with van der Waals surface area (Å²) in [4.78, 5) is 16.2. The maximum absolute atomic E-state index is 13.8. The first kappa shape index (κ1) is 23.2. The summed E-state index contributed by atoms with van der Waals surface area (Å²) < 4.78 is 47.2. The van der Waals surface area contributed by atoms with Crippen LogP contribution in [0.3, 0.4) is 0 Å². The van der Waals surface area contributed by atoms with Crippen molar-refractivity contribution in [1.82, 2.24) is 15.2 Å². The quantitative estimate of drug-likeness (QED) is 0.393. The molecule has 3 rings (SSSR count). The molecule has 0 bridgehead atoms. The molecule has 0 fully saturated rings. The first-order valence-corrected chi connectivity index (χ1v) is 10.3. The van der Waals surface area contributed by atoms with Crippen LogP contribution in [0.5, 0.6) is 0 Å². The number of hydrogen-bond acceptors (Lipinski definition) is 5. The first-order chi connectivity index (χ1) is 14.3. The number of nitrogens with one attached hydrogen (secondary N) is 2. The molecule has 0 atom stereocenters. The molecule has 11 heteroatoms. The number of ether oxygens (including phenoxy) is 1. The second kappa shape index (κ2) is 8.55. The van der Waals surface area contributed by atoms with Crippen LogP contribution in [0.4, 0.5) is 24.8 Å². The summed E-state index contributed by atoms with van der Waals surface area (Å²) in [6.07, 6.45) is -4.67. The van der Waals surface area contributed by atoms with Crippen molar-refractivity contribution in [3.63, 3.8) is 0 Å². The summed E-state index contributed by atoms with van der Waals surface area (Å²) in [5.74, 6) is -0.463. The van der Waals surface area contributed by atoms with E-state index in [2.05, 4.69) is 37.4 Å². The average Bonchev–Trinajstić information content (AvgIpc) is 3.04. The number of nitrogens with zero attached hydrogens (tertiary/aromatic N) is 2. The van der Waals surface area contributed by atoms with Crippen LogP contribution in [0.1, 0.15) is 36.7 Å². The van der Waals surface area contributed by atoms with Gasteiger partial charge in [0.1, 0.15) is 5.60 Å². The summed E-state index contributed by atoms with van der Waals surface area (Å²) in [7, 11) is 0. The van der Waals surface area contributed by atoms with Crippen molar-refractivity contribution in [3.05, 3.63) is 52.5 Å². The number of rotatable bonds is 4. The van der Waals surface area contributed by atoms with E-state index in [1.807, 2.05) is 0 Å². The van der Waals surface area contributed by atoms with Crippen molar-refractivity contribution < 1.29 is 22.7 Å². The number of aromatic amines is 1. The Morgan fingerprint density at radius 2 is 1.81 bits per heavy atom. The van der Waals surface area contributed by atoms with Gasteiger partial charge in [0.25, 0.3) is 0 Å². The maximum atomic E-state index is 13.8. The predicted molar refractivity (Wildman–Crippen MR) is 112 cm³/mol. The van der Waals surface area contributed by atoms with Crippen molar-refractivity contribution >= 4 is 50.7 Å². The Hall–Kier alpha value is -2.51. The summed E-state index contributed by atoms with van der Waals surface area (Å²) in [6.45, 7) is 5.18. The monoisotopic (exact) mass is 512 g/mol. The van der Waals surface area contributed by atoms with Crippen molar-refractivity contribution in [2.45, 2.75) is 32.5 Å². The molecule has 31 heavy (non-hydrogen) atoms. The zero-order valence-corrected chi connectivity index (χ0v) is 19.3. The Bertz CT molecular complexity index is 1110. The van der Waals surface area contributed by atoms with Crippen LogP contribution in [0.2, 0.25) is 5.02 Å². The van der Waals surface area contributed by atoms with Gasteiger partial charge in [-0.2, -0.15) is 0 Å². The molecular weight excluding hydrogens is 496 g/mol. The van der Waals surface area contributed by atoms with Crippen molar-refractivity contribution in [2.24, 2.45) is 0 Å². The van der Waals surface area contributed by atoms with Crippen LogP contribution in [0, 0.1) is 0 Å². The third-order valence-electron chi connectivity index (χ3n) is 3.93. The molecular formula is C20H17AsClF3N4O2. The second-order valence-corrected chi connectivity index (χ2v) is 8.86. The third-order valence-corrected chi connectivity index (χ3v) is 4.65. The molecule has 6 nitrogen and oxygen atoms in total. The van der Waals surface area contributed by atoms with E-state index in [0.29, 0.717) is 4.61 Å². The van der Waals surface area contributed by atoms with Crippen LogP contribution in [-0.2, 0) is 10.9 Å². The molecule has 1 heterocycles. The number of carbonyl (C=O) groups is 1. The van der Waals surface area contributed by atoms with Crippen LogP contribution in [0.25, 0.3) is 11.1 Å². The minimum atomic E-state index is -4.67. The van der Waals surface area contributed by atoms with Gasteiger partial charge in [-0.25, -0.2) is 4.79 Å². The SMILES string of the molecule is CC(C)(C)OC(=O)c1ccc(-c2c(Cl)cc(Nc3n[nH]c([As])n3)cc2C(F)(F)F)cc1. The molecule has 0 amide bonds. The number of hydrogen-bond donors (Lipinski definition) is 2. The first-order valence-electron chi connectivity index (χ1n) is 8.96. The van der Waals surface area contributed by atoms with Gasteiger partial charge in [0.15, 0.2) is 0 Å². The number of esters is 1. The van der Waals surface area contributed by atoms with Gasteiger partial charge in [0.2, 0.25) is 0 Å². The summed E-state index contributed by atoms with van der Waals surface area (Å²) in [6, 6.07) is 7.90. The summed E-state index contributed by atoms with van der Waals surface area (Å²) in [5, 5.41) is 8.98. The molecule has 0 saturated carbocycles. The van der Waals surface area contributed by atoms with Gasteiger partial charge in [-0.05, 0) is 20.8 Å². The number of alkyl halides is 3. The normalized spacial score (nSPS) is 12.0. The van der Waals surface area contributed by atoms with Gasteiger partial charge in [0.05, 0.1) is 0 Å². The van der Waals surface area contributed by atoms with Gasteiger partial charge in [-0.3, -0.25) is 0 Å². The molecule has 0 unspecified atom stereocenters. The standard InChI is InChI=1S/C20H17AsClF3N4O2/c1-19(2,3)31-16(30)11-6-4-10(5-7-11)15-13(20(23,24)25)8-12(9-14(15)22)26-18-27-17(21)28-29-18/h4-9H,1-3H3,(H2,26,27,28,29). The predicted octanol–water partition coefficient (Wildman–Crippen LogP) is 4.64. The van der Waals surface area contributed by atoms with Crippen LogP contribution < -0.4 is 9.93 Å². The Morgan fingerprint density at radius 1 is 1.16 bits per heavy atom. The number of H-pyrrole nitrogens is 1. The Morgan fingerprint density at radius 3 is 2.32 bits per heavy atom. The zero-order chi connectivity index (χ0) is 23.0. The molecule has 0 aliphatic rings. The number of halogens is 4. The van der Waals surface area contributed by atoms with E-state index in [9.17, 15) is 18.0 Å². The van der Waals surface area contributed by atoms with E-state index in [-0.39, 0.29) is 33.3 Å². The fourth-order valence-electron chi connectivity index (χ4n) is 2.74. The van der Waals surface area contributed by atoms with Crippen molar-refractivity contribution in [1.29, 1.82) is 0 Å². The minimum absolute atomic E-state index is 0.0814. The molecule has 2 aromatic carbocycles. The molecule has 2 N–H and O–H groups in total. The van der Waals surface area contributed by atoms with E-state index < -0.39 is 23.3 Å². The Kier molecular flexibility index (Phi) is 6.39. The summed E-state index contributed by atoms with van der Waals surface area (Å²) in [5.41, 5.74) is -1.31. The summed E-state index contributed by atoms with van der Waals surface area (Å²) >= 11 is 8.39.